The summed E-state index contributed by atoms with van der Waals surface area (Å²) in [5.41, 5.74) is 0.629. The molecule has 2 aliphatic rings. The minimum absolute atomic E-state index is 0.629. The fraction of sp³-hybridized carbons (Fsp3) is 1.00. The summed E-state index contributed by atoms with van der Waals surface area (Å²) >= 11 is 0. The Morgan fingerprint density at radius 1 is 1.50 bits per heavy atom. The Balaban J connectivity index is 1.67. The summed E-state index contributed by atoms with van der Waals surface area (Å²) in [7, 11) is 2.23. The molecule has 1 N–H and O–H groups in total. The van der Waals surface area contributed by atoms with E-state index in [1.165, 1.54) is 38.9 Å². The third kappa shape index (κ3) is 2.29. The molecule has 0 aromatic carbocycles. The summed E-state index contributed by atoms with van der Waals surface area (Å²) in [4.78, 5) is 2.44. The van der Waals surface area contributed by atoms with Crippen LogP contribution in [0.3, 0.4) is 0 Å². The van der Waals surface area contributed by atoms with Gasteiger partial charge in [0, 0.05) is 12.6 Å². The monoisotopic (exact) mass is 196 g/mol. The predicted molar refractivity (Wildman–Crippen MR) is 60.4 cm³/mol. The zero-order valence-corrected chi connectivity index (χ0v) is 9.84. The van der Waals surface area contributed by atoms with Crippen LogP contribution in [0, 0.1) is 11.3 Å². The van der Waals surface area contributed by atoms with E-state index in [-0.39, 0.29) is 0 Å². The van der Waals surface area contributed by atoms with Gasteiger partial charge >= 0.3 is 0 Å². The maximum atomic E-state index is 3.72. The molecule has 82 valence electrons. The van der Waals surface area contributed by atoms with Crippen molar-refractivity contribution in [2.24, 2.45) is 11.3 Å². The van der Waals surface area contributed by atoms with Crippen molar-refractivity contribution < 1.29 is 0 Å². The Morgan fingerprint density at radius 3 is 2.71 bits per heavy atom. The minimum atomic E-state index is 0.629. The average molecular weight is 196 g/mol. The number of likely N-dealkylation sites (tertiary alicyclic amines) is 1. The standard InChI is InChI=1S/C12H24N2/c1-10(12(2)5-6-12)13-8-11-4-7-14(3)9-11/h10-11,13H,4-9H2,1-3H3. The van der Waals surface area contributed by atoms with Crippen LogP contribution < -0.4 is 5.32 Å². The minimum Gasteiger partial charge on any atom is -0.313 e. The smallest absolute Gasteiger partial charge is 0.00926 e. The summed E-state index contributed by atoms with van der Waals surface area (Å²) in [6.45, 7) is 8.56. The fourth-order valence-electron chi connectivity index (χ4n) is 2.41. The van der Waals surface area contributed by atoms with Gasteiger partial charge in [0.15, 0.2) is 0 Å². The number of hydrogen-bond acceptors (Lipinski definition) is 2. The molecule has 0 aromatic heterocycles. The molecule has 0 aromatic rings. The van der Waals surface area contributed by atoms with E-state index < -0.39 is 0 Å². The number of hydrogen-bond donors (Lipinski definition) is 1. The van der Waals surface area contributed by atoms with Gasteiger partial charge in [-0.1, -0.05) is 6.92 Å². The van der Waals surface area contributed by atoms with Crippen molar-refractivity contribution in [2.45, 2.75) is 39.2 Å². The molecule has 2 fully saturated rings. The van der Waals surface area contributed by atoms with Crippen molar-refractivity contribution >= 4 is 0 Å². The van der Waals surface area contributed by atoms with Crippen molar-refractivity contribution in [1.29, 1.82) is 0 Å². The number of rotatable bonds is 4. The second kappa shape index (κ2) is 3.82. The fourth-order valence-corrected chi connectivity index (χ4v) is 2.41. The van der Waals surface area contributed by atoms with E-state index in [0.29, 0.717) is 11.5 Å². The largest absolute Gasteiger partial charge is 0.313 e. The van der Waals surface area contributed by atoms with E-state index >= 15 is 0 Å². The van der Waals surface area contributed by atoms with Gasteiger partial charge in [-0.3, -0.25) is 0 Å². The molecule has 0 spiro atoms. The highest BCUT2D eigenvalue weighted by Crippen LogP contribution is 2.47. The van der Waals surface area contributed by atoms with Gasteiger partial charge in [-0.25, -0.2) is 0 Å². The molecule has 2 unspecified atom stereocenters. The average Bonchev–Trinajstić information content (AvgIpc) is 2.76. The van der Waals surface area contributed by atoms with Gasteiger partial charge in [-0.2, -0.15) is 0 Å². The Labute approximate surface area is 88.1 Å². The van der Waals surface area contributed by atoms with Gasteiger partial charge in [0.25, 0.3) is 0 Å². The Kier molecular flexibility index (Phi) is 2.85. The van der Waals surface area contributed by atoms with Crippen molar-refractivity contribution in [3.8, 4) is 0 Å². The maximum Gasteiger partial charge on any atom is 0.00926 e. The Bertz CT molecular complexity index is 198. The van der Waals surface area contributed by atoms with Crippen LogP contribution in [-0.2, 0) is 0 Å². The molecule has 1 saturated heterocycles. The molecule has 1 saturated carbocycles. The molecule has 2 nitrogen and oxygen atoms in total. The Hall–Kier alpha value is -0.0800. The summed E-state index contributed by atoms with van der Waals surface area (Å²) in [5, 5.41) is 3.72. The van der Waals surface area contributed by atoms with E-state index in [1.54, 1.807) is 0 Å². The van der Waals surface area contributed by atoms with E-state index in [2.05, 4.69) is 31.1 Å². The molecular weight excluding hydrogens is 172 g/mol. The molecule has 2 atom stereocenters. The highest BCUT2D eigenvalue weighted by Gasteiger charge is 2.42. The second-order valence-corrected chi connectivity index (χ2v) is 5.70. The lowest BCUT2D eigenvalue weighted by Crippen LogP contribution is -2.37. The molecular formula is C12H24N2. The first kappa shape index (κ1) is 10.4. The van der Waals surface area contributed by atoms with Gasteiger partial charge in [-0.05, 0) is 57.7 Å². The van der Waals surface area contributed by atoms with Gasteiger partial charge in [-0.15, -0.1) is 0 Å². The normalized spacial score (nSPS) is 33.2. The van der Waals surface area contributed by atoms with Crippen LogP contribution in [-0.4, -0.2) is 37.6 Å². The lowest BCUT2D eigenvalue weighted by molar-refractivity contribution is 0.340. The molecule has 0 bridgehead atoms. The van der Waals surface area contributed by atoms with Crippen LogP contribution in [0.5, 0.6) is 0 Å². The zero-order chi connectivity index (χ0) is 10.2. The zero-order valence-electron chi connectivity index (χ0n) is 9.84. The third-order valence-electron chi connectivity index (χ3n) is 4.29. The molecule has 14 heavy (non-hydrogen) atoms. The molecule has 2 heteroatoms. The first-order chi connectivity index (χ1) is 6.60. The maximum absolute atomic E-state index is 3.72. The van der Waals surface area contributed by atoms with Crippen molar-refractivity contribution in [1.82, 2.24) is 10.2 Å². The summed E-state index contributed by atoms with van der Waals surface area (Å²) in [6, 6.07) is 0.716. The first-order valence-corrected chi connectivity index (χ1v) is 6.02. The van der Waals surface area contributed by atoms with Crippen molar-refractivity contribution in [3.05, 3.63) is 0 Å². The van der Waals surface area contributed by atoms with E-state index in [9.17, 15) is 0 Å². The Morgan fingerprint density at radius 2 is 2.21 bits per heavy atom. The van der Waals surface area contributed by atoms with Crippen LogP contribution in [0.2, 0.25) is 0 Å². The second-order valence-electron chi connectivity index (χ2n) is 5.70. The van der Waals surface area contributed by atoms with E-state index in [1.807, 2.05) is 0 Å². The van der Waals surface area contributed by atoms with Crippen LogP contribution in [0.15, 0.2) is 0 Å². The van der Waals surface area contributed by atoms with Crippen LogP contribution >= 0.6 is 0 Å². The molecule has 0 radical (unpaired) electrons. The van der Waals surface area contributed by atoms with Gasteiger partial charge < -0.3 is 10.2 Å². The highest BCUT2D eigenvalue weighted by molar-refractivity contribution is 4.96. The first-order valence-electron chi connectivity index (χ1n) is 6.02. The molecule has 1 aliphatic carbocycles. The molecule has 0 amide bonds. The van der Waals surface area contributed by atoms with Gasteiger partial charge in [0.05, 0.1) is 0 Å². The SMILES string of the molecule is CC(NCC1CCN(C)C1)C1(C)CC1. The van der Waals surface area contributed by atoms with Crippen LogP contribution in [0.25, 0.3) is 0 Å². The highest BCUT2D eigenvalue weighted by atomic mass is 15.1. The number of nitrogens with one attached hydrogen (secondary N) is 1. The predicted octanol–water partition coefficient (Wildman–Crippen LogP) is 1.72. The quantitative estimate of drug-likeness (QED) is 0.736. The molecule has 1 heterocycles. The topological polar surface area (TPSA) is 15.3 Å². The van der Waals surface area contributed by atoms with E-state index in [0.717, 1.165) is 5.92 Å². The van der Waals surface area contributed by atoms with Gasteiger partial charge in [0.1, 0.15) is 0 Å². The molecule has 2 rings (SSSR count). The van der Waals surface area contributed by atoms with Crippen LogP contribution in [0.4, 0.5) is 0 Å². The van der Waals surface area contributed by atoms with Crippen molar-refractivity contribution in [2.75, 3.05) is 26.7 Å². The van der Waals surface area contributed by atoms with Crippen molar-refractivity contribution in [3.63, 3.8) is 0 Å². The summed E-state index contributed by atoms with van der Waals surface area (Å²) in [5.74, 6) is 0.893. The summed E-state index contributed by atoms with van der Waals surface area (Å²) in [6.07, 6.45) is 4.23. The molecule has 1 aliphatic heterocycles. The van der Waals surface area contributed by atoms with E-state index in [4.69, 9.17) is 0 Å². The number of nitrogens with zero attached hydrogens (tertiary/aromatic N) is 1. The van der Waals surface area contributed by atoms with Gasteiger partial charge in [0.2, 0.25) is 0 Å². The lowest BCUT2D eigenvalue weighted by Gasteiger charge is -2.22. The van der Waals surface area contributed by atoms with Crippen LogP contribution in [0.1, 0.15) is 33.1 Å². The third-order valence-corrected chi connectivity index (χ3v) is 4.29. The summed E-state index contributed by atoms with van der Waals surface area (Å²) < 4.78 is 0. The lowest BCUT2D eigenvalue weighted by atomic mass is 10.00.